The van der Waals surface area contributed by atoms with Crippen LogP contribution in [0.4, 0.5) is 0 Å². The third-order valence-corrected chi connectivity index (χ3v) is 2.74. The Morgan fingerprint density at radius 3 is 2.67 bits per heavy atom. The summed E-state index contributed by atoms with van der Waals surface area (Å²) in [6.45, 7) is 0.566. The maximum absolute atomic E-state index is 9.14. The SMILES string of the molecule is COc1ccc(Cn2ccnc2CO)cc1OC. The molecular weight excluding hydrogens is 232 g/mol. The largest absolute Gasteiger partial charge is 0.493 e. The van der Waals surface area contributed by atoms with Crippen molar-refractivity contribution in [1.82, 2.24) is 9.55 Å². The third kappa shape index (κ3) is 2.46. The molecule has 18 heavy (non-hydrogen) atoms. The van der Waals surface area contributed by atoms with E-state index < -0.39 is 0 Å². The number of methoxy groups -OCH3 is 2. The Bertz CT molecular complexity index is 523. The van der Waals surface area contributed by atoms with Gasteiger partial charge in [0.15, 0.2) is 11.5 Å². The first-order chi connectivity index (χ1) is 8.78. The molecule has 0 amide bonds. The number of nitrogens with zero attached hydrogens (tertiary/aromatic N) is 2. The minimum atomic E-state index is -0.0692. The van der Waals surface area contributed by atoms with Gasteiger partial charge in [-0.1, -0.05) is 6.07 Å². The van der Waals surface area contributed by atoms with Crippen molar-refractivity contribution >= 4 is 0 Å². The summed E-state index contributed by atoms with van der Waals surface area (Å²) in [4.78, 5) is 4.06. The molecule has 1 aromatic carbocycles. The van der Waals surface area contributed by atoms with Gasteiger partial charge < -0.3 is 19.1 Å². The van der Waals surface area contributed by atoms with Crippen LogP contribution >= 0.6 is 0 Å². The van der Waals surface area contributed by atoms with Crippen molar-refractivity contribution in [2.24, 2.45) is 0 Å². The van der Waals surface area contributed by atoms with Crippen molar-refractivity contribution in [2.45, 2.75) is 13.2 Å². The summed E-state index contributed by atoms with van der Waals surface area (Å²) >= 11 is 0. The Kier molecular flexibility index (Phi) is 3.84. The smallest absolute Gasteiger partial charge is 0.161 e. The molecule has 0 spiro atoms. The molecule has 0 saturated heterocycles. The van der Waals surface area contributed by atoms with Gasteiger partial charge in [0.1, 0.15) is 12.4 Å². The van der Waals surface area contributed by atoms with E-state index >= 15 is 0 Å². The van der Waals surface area contributed by atoms with E-state index in [1.165, 1.54) is 0 Å². The van der Waals surface area contributed by atoms with Crippen molar-refractivity contribution < 1.29 is 14.6 Å². The summed E-state index contributed by atoms with van der Waals surface area (Å²) in [5.41, 5.74) is 1.06. The summed E-state index contributed by atoms with van der Waals surface area (Å²) in [6, 6.07) is 5.74. The Morgan fingerprint density at radius 1 is 1.22 bits per heavy atom. The van der Waals surface area contributed by atoms with Crippen molar-refractivity contribution in [3.05, 3.63) is 42.0 Å². The average molecular weight is 248 g/mol. The molecule has 96 valence electrons. The molecule has 0 radical (unpaired) electrons. The van der Waals surface area contributed by atoms with Crippen molar-refractivity contribution in [3.8, 4) is 11.5 Å². The summed E-state index contributed by atoms with van der Waals surface area (Å²) in [7, 11) is 3.22. The molecule has 5 nitrogen and oxygen atoms in total. The fraction of sp³-hybridized carbons (Fsp3) is 0.308. The van der Waals surface area contributed by atoms with Gasteiger partial charge in [-0.15, -0.1) is 0 Å². The molecule has 1 N–H and O–H groups in total. The van der Waals surface area contributed by atoms with Crippen LogP contribution in [0.2, 0.25) is 0 Å². The number of aliphatic hydroxyl groups is 1. The van der Waals surface area contributed by atoms with Crippen LogP contribution in [0.1, 0.15) is 11.4 Å². The van der Waals surface area contributed by atoms with Gasteiger partial charge in [0.05, 0.1) is 14.2 Å². The zero-order valence-corrected chi connectivity index (χ0v) is 10.5. The summed E-state index contributed by atoms with van der Waals surface area (Å²) < 4.78 is 12.3. The number of hydrogen-bond acceptors (Lipinski definition) is 4. The molecule has 2 aromatic rings. The lowest BCUT2D eigenvalue weighted by Gasteiger charge is -2.11. The molecule has 5 heteroatoms. The molecule has 0 bridgehead atoms. The second-order valence-electron chi connectivity index (χ2n) is 3.82. The molecule has 0 saturated carbocycles. The molecule has 2 rings (SSSR count). The van der Waals surface area contributed by atoms with E-state index in [0.29, 0.717) is 23.9 Å². The van der Waals surface area contributed by atoms with Crippen LogP contribution in [0.25, 0.3) is 0 Å². The zero-order chi connectivity index (χ0) is 13.0. The van der Waals surface area contributed by atoms with E-state index in [4.69, 9.17) is 14.6 Å². The molecule has 0 unspecified atom stereocenters. The van der Waals surface area contributed by atoms with E-state index in [-0.39, 0.29) is 6.61 Å². The summed E-state index contributed by atoms with van der Waals surface area (Å²) in [5.74, 6) is 2.04. The minimum absolute atomic E-state index is 0.0692. The van der Waals surface area contributed by atoms with Gasteiger partial charge in [-0.3, -0.25) is 0 Å². The Morgan fingerprint density at radius 2 is 2.00 bits per heavy atom. The second kappa shape index (κ2) is 5.55. The topological polar surface area (TPSA) is 56.5 Å². The highest BCUT2D eigenvalue weighted by atomic mass is 16.5. The van der Waals surface area contributed by atoms with Crippen molar-refractivity contribution in [1.29, 1.82) is 0 Å². The maximum atomic E-state index is 9.14. The Hall–Kier alpha value is -2.01. The Labute approximate surface area is 106 Å². The van der Waals surface area contributed by atoms with Crippen LogP contribution < -0.4 is 9.47 Å². The van der Waals surface area contributed by atoms with E-state index in [2.05, 4.69) is 4.98 Å². The molecular formula is C13H16N2O3. The van der Waals surface area contributed by atoms with Gasteiger partial charge in [-0.2, -0.15) is 0 Å². The van der Waals surface area contributed by atoms with Crippen LogP contribution in [0.15, 0.2) is 30.6 Å². The zero-order valence-electron chi connectivity index (χ0n) is 10.5. The van der Waals surface area contributed by atoms with Crippen LogP contribution in [0.3, 0.4) is 0 Å². The predicted octanol–water partition coefficient (Wildman–Crippen LogP) is 1.44. The van der Waals surface area contributed by atoms with Gasteiger partial charge in [-0.25, -0.2) is 4.98 Å². The van der Waals surface area contributed by atoms with Crippen LogP contribution in [0, 0.1) is 0 Å². The standard InChI is InChI=1S/C13H16N2O3/c1-17-11-4-3-10(7-12(11)18-2)8-15-6-5-14-13(15)9-16/h3-7,16H,8-9H2,1-2H3. The number of aliphatic hydroxyl groups excluding tert-OH is 1. The van der Waals surface area contributed by atoms with Crippen LogP contribution in [-0.2, 0) is 13.2 Å². The highest BCUT2D eigenvalue weighted by Gasteiger charge is 2.06. The first-order valence-corrected chi connectivity index (χ1v) is 5.60. The quantitative estimate of drug-likeness (QED) is 0.870. The number of ether oxygens (including phenoxy) is 2. The van der Waals surface area contributed by atoms with Gasteiger partial charge in [-0.05, 0) is 17.7 Å². The second-order valence-corrected chi connectivity index (χ2v) is 3.82. The third-order valence-electron chi connectivity index (χ3n) is 2.74. The molecule has 0 aliphatic heterocycles. The van der Waals surface area contributed by atoms with E-state index in [9.17, 15) is 0 Å². The van der Waals surface area contributed by atoms with Crippen molar-refractivity contribution in [2.75, 3.05) is 14.2 Å². The number of aromatic nitrogens is 2. The first kappa shape index (κ1) is 12.4. The lowest BCUT2D eigenvalue weighted by molar-refractivity contribution is 0.266. The number of hydrogen-bond donors (Lipinski definition) is 1. The van der Waals surface area contributed by atoms with E-state index in [1.54, 1.807) is 20.4 Å². The average Bonchev–Trinajstić information content (AvgIpc) is 2.85. The summed E-state index contributed by atoms with van der Waals surface area (Å²) in [5, 5.41) is 9.14. The predicted molar refractivity (Wildman–Crippen MR) is 66.8 cm³/mol. The maximum Gasteiger partial charge on any atom is 0.161 e. The first-order valence-electron chi connectivity index (χ1n) is 5.60. The van der Waals surface area contributed by atoms with Crippen LogP contribution in [-0.4, -0.2) is 28.9 Å². The van der Waals surface area contributed by atoms with E-state index in [0.717, 1.165) is 5.56 Å². The highest BCUT2D eigenvalue weighted by Crippen LogP contribution is 2.27. The van der Waals surface area contributed by atoms with Crippen molar-refractivity contribution in [3.63, 3.8) is 0 Å². The normalized spacial score (nSPS) is 10.4. The van der Waals surface area contributed by atoms with E-state index in [1.807, 2.05) is 29.0 Å². The highest BCUT2D eigenvalue weighted by molar-refractivity contribution is 5.42. The molecule has 1 aromatic heterocycles. The van der Waals surface area contributed by atoms with Crippen LogP contribution in [0.5, 0.6) is 11.5 Å². The monoisotopic (exact) mass is 248 g/mol. The molecule has 1 heterocycles. The number of benzene rings is 1. The van der Waals surface area contributed by atoms with Gasteiger partial charge in [0, 0.05) is 18.9 Å². The number of rotatable bonds is 5. The fourth-order valence-corrected chi connectivity index (χ4v) is 1.81. The number of imidazole rings is 1. The van der Waals surface area contributed by atoms with Gasteiger partial charge in [0.2, 0.25) is 0 Å². The molecule has 0 aliphatic rings. The fourth-order valence-electron chi connectivity index (χ4n) is 1.81. The lowest BCUT2D eigenvalue weighted by Crippen LogP contribution is -2.04. The molecule has 0 aliphatic carbocycles. The van der Waals surface area contributed by atoms with Gasteiger partial charge >= 0.3 is 0 Å². The summed E-state index contributed by atoms with van der Waals surface area (Å²) in [6.07, 6.45) is 3.51. The molecule has 0 atom stereocenters. The van der Waals surface area contributed by atoms with Gasteiger partial charge in [0.25, 0.3) is 0 Å². The minimum Gasteiger partial charge on any atom is -0.493 e. The lowest BCUT2D eigenvalue weighted by atomic mass is 10.2. The molecule has 0 fully saturated rings. The Balaban J connectivity index is 2.24.